The maximum Gasteiger partial charge on any atom is 0.344 e. The van der Waals surface area contributed by atoms with E-state index in [-0.39, 0.29) is 17.9 Å². The molecule has 0 aromatic heterocycles. The largest absolute Gasteiger partial charge is 0.506 e. The van der Waals surface area contributed by atoms with Crippen LogP contribution in [-0.2, 0) is 9.53 Å². The summed E-state index contributed by atoms with van der Waals surface area (Å²) in [5.41, 5.74) is 1.62. The first-order valence-corrected chi connectivity index (χ1v) is 10.7. The zero-order valence-electron chi connectivity index (χ0n) is 16.0. The molecule has 0 radical (unpaired) electrons. The molecule has 29 heavy (non-hydrogen) atoms. The van der Waals surface area contributed by atoms with Crippen LogP contribution in [0.2, 0.25) is 0 Å². The summed E-state index contributed by atoms with van der Waals surface area (Å²) in [6.45, 7) is 4.43. The quantitative estimate of drug-likeness (QED) is 0.517. The number of esters is 1. The number of hydrogen-bond acceptors (Lipinski definition) is 6. The third kappa shape index (κ3) is 5.10. The van der Waals surface area contributed by atoms with Crippen molar-refractivity contribution in [1.82, 2.24) is 0 Å². The van der Waals surface area contributed by atoms with E-state index >= 15 is 0 Å². The zero-order valence-corrected chi connectivity index (χ0v) is 18.4. The Bertz CT molecular complexity index is 999. The van der Waals surface area contributed by atoms with Crippen LogP contribution in [0, 0.1) is 0 Å². The van der Waals surface area contributed by atoms with Gasteiger partial charge < -0.3 is 14.6 Å². The van der Waals surface area contributed by atoms with Gasteiger partial charge in [-0.05, 0) is 65.7 Å². The van der Waals surface area contributed by atoms with Crippen molar-refractivity contribution in [2.24, 2.45) is 4.99 Å². The number of rotatable bonds is 6. The van der Waals surface area contributed by atoms with Crippen LogP contribution in [-0.4, -0.2) is 29.3 Å². The lowest BCUT2D eigenvalue weighted by atomic mass is 10.1. The molecule has 0 amide bonds. The molecule has 1 N–H and O–H groups in total. The lowest BCUT2D eigenvalue weighted by Crippen LogP contribution is -2.12. The Labute approximate surface area is 182 Å². The summed E-state index contributed by atoms with van der Waals surface area (Å²) in [6.07, 6.45) is 1.80. The predicted molar refractivity (Wildman–Crippen MR) is 121 cm³/mol. The van der Waals surface area contributed by atoms with E-state index in [0.717, 1.165) is 15.8 Å². The van der Waals surface area contributed by atoms with E-state index in [1.807, 2.05) is 55.5 Å². The number of carbonyl (C=O) groups is 1. The molecule has 1 aliphatic rings. The number of ether oxygens (including phenoxy) is 2. The van der Waals surface area contributed by atoms with Crippen molar-refractivity contribution in [2.45, 2.75) is 13.8 Å². The molecule has 0 saturated heterocycles. The first-order valence-electron chi connectivity index (χ1n) is 9.10. The molecule has 2 aromatic rings. The molecule has 150 valence electrons. The fourth-order valence-corrected chi connectivity index (χ4v) is 4.19. The number of aliphatic imine (C=N–C) groups is 1. The van der Waals surface area contributed by atoms with Crippen LogP contribution in [0.15, 0.2) is 74.2 Å². The van der Waals surface area contributed by atoms with E-state index in [1.165, 1.54) is 11.8 Å². The summed E-state index contributed by atoms with van der Waals surface area (Å²) in [6, 6.07) is 14.9. The zero-order chi connectivity index (χ0) is 20.8. The number of halogens is 1. The van der Waals surface area contributed by atoms with Gasteiger partial charge in [-0.1, -0.05) is 36.0 Å². The van der Waals surface area contributed by atoms with Gasteiger partial charge in [0.2, 0.25) is 0 Å². The molecule has 1 heterocycles. The molecule has 0 unspecified atom stereocenters. The van der Waals surface area contributed by atoms with Gasteiger partial charge in [0.1, 0.15) is 22.1 Å². The van der Waals surface area contributed by atoms with Gasteiger partial charge in [0.05, 0.1) is 28.3 Å². The molecule has 1 aliphatic heterocycles. The van der Waals surface area contributed by atoms with Crippen LogP contribution in [0.5, 0.6) is 5.75 Å². The fraction of sp³-hybridized carbons (Fsp3) is 0.182. The Morgan fingerprint density at radius 1 is 1.17 bits per heavy atom. The number of aliphatic hydroxyl groups excluding tert-OH is 1. The predicted octanol–water partition coefficient (Wildman–Crippen LogP) is 6.04. The number of benzene rings is 2. The lowest BCUT2D eigenvalue weighted by Gasteiger charge is -2.06. The molecular weight excluding hydrogens is 454 g/mol. The average molecular weight is 474 g/mol. The number of aliphatic hydroxyl groups is 1. The molecule has 2 aromatic carbocycles. The number of hydrogen-bond donors (Lipinski definition) is 1. The minimum atomic E-state index is -0.594. The van der Waals surface area contributed by atoms with Crippen molar-refractivity contribution in [3.8, 4) is 5.75 Å². The maximum absolute atomic E-state index is 12.4. The highest BCUT2D eigenvalue weighted by Crippen LogP contribution is 2.40. The summed E-state index contributed by atoms with van der Waals surface area (Å²) in [7, 11) is 0. The van der Waals surface area contributed by atoms with Gasteiger partial charge in [-0.3, -0.25) is 0 Å². The Balaban J connectivity index is 2.00. The summed E-state index contributed by atoms with van der Waals surface area (Å²) in [5, 5.41) is 11.1. The van der Waals surface area contributed by atoms with E-state index in [4.69, 9.17) is 9.47 Å². The highest BCUT2D eigenvalue weighted by molar-refractivity contribution is 9.10. The first-order chi connectivity index (χ1) is 14.0. The number of carbonyl (C=O) groups excluding carboxylic acids is 1. The van der Waals surface area contributed by atoms with Gasteiger partial charge in [0, 0.05) is 0 Å². The molecule has 0 aliphatic carbocycles. The molecule has 0 atom stereocenters. The van der Waals surface area contributed by atoms with E-state index < -0.39 is 5.97 Å². The molecule has 0 bridgehead atoms. The van der Waals surface area contributed by atoms with Crippen molar-refractivity contribution in [3.05, 3.63) is 74.8 Å². The minimum Gasteiger partial charge on any atom is -0.506 e. The standard InChI is InChI=1S/C22H20BrNO4S/c1-3-27-17-11-10-14(12-16(17)23)13-18-20(25)19(22(26)28-4-2)21(29-18)24-15-8-6-5-7-9-15/h5-13,25H,3-4H2,1-2H3/b18-13-,24-21?. The van der Waals surface area contributed by atoms with E-state index in [2.05, 4.69) is 20.9 Å². The third-order valence-electron chi connectivity index (χ3n) is 3.91. The van der Waals surface area contributed by atoms with Crippen LogP contribution in [0.4, 0.5) is 5.69 Å². The van der Waals surface area contributed by atoms with E-state index in [9.17, 15) is 9.90 Å². The van der Waals surface area contributed by atoms with Crippen LogP contribution in [0.1, 0.15) is 19.4 Å². The second-order valence-electron chi connectivity index (χ2n) is 5.93. The second kappa shape index (κ2) is 9.80. The van der Waals surface area contributed by atoms with Crippen molar-refractivity contribution >= 4 is 50.5 Å². The van der Waals surface area contributed by atoms with Gasteiger partial charge in [-0.2, -0.15) is 0 Å². The van der Waals surface area contributed by atoms with Crippen molar-refractivity contribution < 1.29 is 19.4 Å². The number of thioether (sulfide) groups is 1. The maximum atomic E-state index is 12.4. The summed E-state index contributed by atoms with van der Waals surface area (Å²) < 4.78 is 11.5. The van der Waals surface area contributed by atoms with Gasteiger partial charge >= 0.3 is 5.97 Å². The molecule has 0 fully saturated rings. The van der Waals surface area contributed by atoms with E-state index in [0.29, 0.717) is 22.2 Å². The number of para-hydroxylation sites is 1. The molecule has 0 saturated carbocycles. The van der Waals surface area contributed by atoms with Crippen molar-refractivity contribution in [2.75, 3.05) is 13.2 Å². The molecule has 7 heteroatoms. The molecule has 3 rings (SSSR count). The van der Waals surface area contributed by atoms with Crippen LogP contribution < -0.4 is 4.74 Å². The highest BCUT2D eigenvalue weighted by Gasteiger charge is 2.33. The first kappa shape index (κ1) is 21.2. The van der Waals surface area contributed by atoms with Gasteiger partial charge in [0.15, 0.2) is 0 Å². The SMILES string of the molecule is CCOC(=O)C1=C(O)/C(=C/c2ccc(OCC)c(Br)c2)SC1=Nc1ccccc1. The average Bonchev–Trinajstić information content (AvgIpc) is 3.00. The third-order valence-corrected chi connectivity index (χ3v) is 5.55. The van der Waals surface area contributed by atoms with Crippen LogP contribution in [0.3, 0.4) is 0 Å². The van der Waals surface area contributed by atoms with Gasteiger partial charge in [-0.15, -0.1) is 0 Å². The lowest BCUT2D eigenvalue weighted by molar-refractivity contribution is -0.138. The Hall–Kier alpha value is -2.51. The Morgan fingerprint density at radius 2 is 1.93 bits per heavy atom. The second-order valence-corrected chi connectivity index (χ2v) is 7.82. The molecule has 5 nitrogen and oxygen atoms in total. The van der Waals surface area contributed by atoms with E-state index in [1.54, 1.807) is 13.0 Å². The minimum absolute atomic E-state index is 0.0805. The number of nitrogens with zero attached hydrogens (tertiary/aromatic N) is 1. The summed E-state index contributed by atoms with van der Waals surface area (Å²) >= 11 is 4.72. The monoisotopic (exact) mass is 473 g/mol. The Kier molecular flexibility index (Phi) is 7.17. The van der Waals surface area contributed by atoms with Crippen LogP contribution in [0.25, 0.3) is 6.08 Å². The highest BCUT2D eigenvalue weighted by atomic mass is 79.9. The van der Waals surface area contributed by atoms with Crippen LogP contribution >= 0.6 is 27.7 Å². The molecule has 0 spiro atoms. The smallest absolute Gasteiger partial charge is 0.344 e. The van der Waals surface area contributed by atoms with Crippen molar-refractivity contribution in [3.63, 3.8) is 0 Å². The summed E-state index contributed by atoms with van der Waals surface area (Å²) in [5.74, 6) is 0.0172. The van der Waals surface area contributed by atoms with Gasteiger partial charge in [-0.25, -0.2) is 9.79 Å². The fourth-order valence-electron chi connectivity index (χ4n) is 2.64. The van der Waals surface area contributed by atoms with Gasteiger partial charge in [0.25, 0.3) is 0 Å². The topological polar surface area (TPSA) is 68.1 Å². The molecular formula is C22H20BrNO4S. The van der Waals surface area contributed by atoms with Crippen molar-refractivity contribution in [1.29, 1.82) is 0 Å². The normalized spacial score (nSPS) is 16.5. The summed E-state index contributed by atoms with van der Waals surface area (Å²) in [4.78, 5) is 17.5. The Morgan fingerprint density at radius 3 is 2.59 bits per heavy atom.